The molecular weight excluding hydrogens is 440 g/mol. The molecule has 2 rings (SSSR count). The highest BCUT2D eigenvalue weighted by atomic mass is 32.2. The standard InChI is InChI=1S/C22H27F2N3O4S/c1-4-20(22(29)25-5-2)26(14-16-9-11-17(23)12-10-16)21(28)15-27(32(3,30)31)19-8-6-7-18(24)13-19/h6-13,20H,4-5,14-15H2,1-3H3,(H,25,29). The fourth-order valence-corrected chi connectivity index (χ4v) is 4.08. The average molecular weight is 468 g/mol. The molecule has 0 aromatic heterocycles. The summed E-state index contributed by atoms with van der Waals surface area (Å²) in [5.74, 6) is -2.14. The molecule has 0 bridgehead atoms. The highest BCUT2D eigenvalue weighted by Crippen LogP contribution is 2.20. The first-order valence-corrected chi connectivity index (χ1v) is 12.0. The van der Waals surface area contributed by atoms with Crippen molar-refractivity contribution in [2.75, 3.05) is 23.7 Å². The van der Waals surface area contributed by atoms with E-state index in [9.17, 15) is 26.8 Å². The highest BCUT2D eigenvalue weighted by Gasteiger charge is 2.31. The van der Waals surface area contributed by atoms with Crippen molar-refractivity contribution in [3.05, 3.63) is 65.7 Å². The summed E-state index contributed by atoms with van der Waals surface area (Å²) in [6.07, 6.45) is 1.19. The Morgan fingerprint density at radius 3 is 2.22 bits per heavy atom. The van der Waals surface area contributed by atoms with Gasteiger partial charge >= 0.3 is 0 Å². The van der Waals surface area contributed by atoms with E-state index in [0.717, 1.165) is 22.7 Å². The Bertz CT molecular complexity index is 1050. The third-order valence-electron chi connectivity index (χ3n) is 4.78. The second kappa shape index (κ2) is 11.0. The van der Waals surface area contributed by atoms with Crippen LogP contribution in [0.15, 0.2) is 48.5 Å². The molecule has 2 aromatic carbocycles. The van der Waals surface area contributed by atoms with E-state index in [1.54, 1.807) is 13.8 Å². The molecule has 0 radical (unpaired) electrons. The average Bonchev–Trinajstić information content (AvgIpc) is 2.72. The van der Waals surface area contributed by atoms with Crippen molar-refractivity contribution < 1.29 is 26.8 Å². The van der Waals surface area contributed by atoms with Crippen LogP contribution in [-0.4, -0.2) is 50.5 Å². The van der Waals surface area contributed by atoms with Crippen LogP contribution in [0.5, 0.6) is 0 Å². The molecule has 2 amide bonds. The van der Waals surface area contributed by atoms with Crippen LogP contribution in [0, 0.1) is 11.6 Å². The number of anilines is 1. The summed E-state index contributed by atoms with van der Waals surface area (Å²) in [7, 11) is -3.94. The number of nitrogens with zero attached hydrogens (tertiary/aromatic N) is 2. The maximum atomic E-state index is 13.7. The van der Waals surface area contributed by atoms with E-state index >= 15 is 0 Å². The summed E-state index contributed by atoms with van der Waals surface area (Å²) < 4.78 is 52.6. The number of halogens is 2. The minimum atomic E-state index is -3.94. The highest BCUT2D eigenvalue weighted by molar-refractivity contribution is 7.92. The smallest absolute Gasteiger partial charge is 0.244 e. The van der Waals surface area contributed by atoms with Gasteiger partial charge in [0.1, 0.15) is 24.2 Å². The number of carbonyl (C=O) groups is 2. The number of amides is 2. The van der Waals surface area contributed by atoms with E-state index in [4.69, 9.17) is 0 Å². The van der Waals surface area contributed by atoms with Crippen LogP contribution in [0.25, 0.3) is 0 Å². The maximum absolute atomic E-state index is 13.7. The number of hydrogen-bond acceptors (Lipinski definition) is 4. The van der Waals surface area contributed by atoms with Gasteiger partial charge in [0.2, 0.25) is 21.8 Å². The molecule has 0 aliphatic rings. The number of sulfonamides is 1. The van der Waals surface area contributed by atoms with Crippen molar-refractivity contribution in [3.63, 3.8) is 0 Å². The maximum Gasteiger partial charge on any atom is 0.244 e. The first kappa shape index (κ1) is 25.3. The van der Waals surface area contributed by atoms with Gasteiger partial charge in [-0.3, -0.25) is 13.9 Å². The van der Waals surface area contributed by atoms with Gasteiger partial charge in [0.15, 0.2) is 0 Å². The summed E-state index contributed by atoms with van der Waals surface area (Å²) in [4.78, 5) is 27.2. The van der Waals surface area contributed by atoms with Gasteiger partial charge in [-0.05, 0) is 49.2 Å². The lowest BCUT2D eigenvalue weighted by Crippen LogP contribution is -2.52. The van der Waals surface area contributed by atoms with Gasteiger partial charge in [0.05, 0.1) is 11.9 Å². The summed E-state index contributed by atoms with van der Waals surface area (Å²) in [6, 6.07) is 9.47. The van der Waals surface area contributed by atoms with Crippen molar-refractivity contribution in [1.82, 2.24) is 10.2 Å². The Labute approximate surface area is 187 Å². The number of carbonyl (C=O) groups excluding carboxylic acids is 2. The third-order valence-corrected chi connectivity index (χ3v) is 5.92. The van der Waals surface area contributed by atoms with Crippen LogP contribution in [0.1, 0.15) is 25.8 Å². The molecule has 32 heavy (non-hydrogen) atoms. The van der Waals surface area contributed by atoms with Gasteiger partial charge in [-0.2, -0.15) is 0 Å². The number of likely N-dealkylation sites (N-methyl/N-ethyl adjacent to an activating group) is 1. The zero-order valence-electron chi connectivity index (χ0n) is 18.2. The molecule has 0 aliphatic carbocycles. The summed E-state index contributed by atoms with van der Waals surface area (Å²) >= 11 is 0. The predicted octanol–water partition coefficient (Wildman–Crippen LogP) is 2.67. The predicted molar refractivity (Wildman–Crippen MR) is 118 cm³/mol. The van der Waals surface area contributed by atoms with Crippen molar-refractivity contribution in [2.24, 2.45) is 0 Å². The van der Waals surface area contributed by atoms with Gasteiger partial charge in [-0.1, -0.05) is 25.1 Å². The Balaban J connectivity index is 2.42. The van der Waals surface area contributed by atoms with E-state index in [2.05, 4.69) is 5.32 Å². The van der Waals surface area contributed by atoms with Crippen molar-refractivity contribution in [3.8, 4) is 0 Å². The normalized spacial score (nSPS) is 12.2. The van der Waals surface area contributed by atoms with E-state index in [-0.39, 0.29) is 24.6 Å². The van der Waals surface area contributed by atoms with Gasteiger partial charge in [0, 0.05) is 13.1 Å². The Morgan fingerprint density at radius 2 is 1.69 bits per heavy atom. The number of rotatable bonds is 10. The molecule has 0 spiro atoms. The molecule has 1 unspecified atom stereocenters. The zero-order chi connectivity index (χ0) is 23.9. The monoisotopic (exact) mass is 467 g/mol. The lowest BCUT2D eigenvalue weighted by molar-refractivity contribution is -0.140. The molecule has 7 nitrogen and oxygen atoms in total. The van der Waals surface area contributed by atoms with Crippen molar-refractivity contribution >= 4 is 27.5 Å². The molecule has 0 fully saturated rings. The van der Waals surface area contributed by atoms with Crippen LogP contribution < -0.4 is 9.62 Å². The van der Waals surface area contributed by atoms with Gasteiger partial charge in [-0.25, -0.2) is 17.2 Å². The second-order valence-electron chi connectivity index (χ2n) is 7.22. The quantitative estimate of drug-likeness (QED) is 0.582. The van der Waals surface area contributed by atoms with Crippen LogP contribution in [0.4, 0.5) is 14.5 Å². The number of benzene rings is 2. The van der Waals surface area contributed by atoms with Crippen molar-refractivity contribution in [2.45, 2.75) is 32.9 Å². The molecule has 2 aromatic rings. The third kappa shape index (κ3) is 6.74. The summed E-state index contributed by atoms with van der Waals surface area (Å²) in [6.45, 7) is 3.17. The summed E-state index contributed by atoms with van der Waals surface area (Å²) in [5.41, 5.74) is 0.563. The molecule has 10 heteroatoms. The first-order valence-electron chi connectivity index (χ1n) is 10.1. The molecule has 0 saturated carbocycles. The minimum Gasteiger partial charge on any atom is -0.355 e. The van der Waals surface area contributed by atoms with E-state index in [1.165, 1.54) is 41.3 Å². The van der Waals surface area contributed by atoms with E-state index < -0.39 is 40.2 Å². The minimum absolute atomic E-state index is 0.00589. The van der Waals surface area contributed by atoms with E-state index in [0.29, 0.717) is 12.1 Å². The summed E-state index contributed by atoms with van der Waals surface area (Å²) in [5, 5.41) is 2.68. The topological polar surface area (TPSA) is 86.8 Å². The van der Waals surface area contributed by atoms with Crippen LogP contribution in [0.2, 0.25) is 0 Å². The fourth-order valence-electron chi connectivity index (χ4n) is 3.24. The van der Waals surface area contributed by atoms with Crippen LogP contribution >= 0.6 is 0 Å². The second-order valence-corrected chi connectivity index (χ2v) is 9.12. The van der Waals surface area contributed by atoms with Crippen LogP contribution in [0.3, 0.4) is 0 Å². The SMILES string of the molecule is CCNC(=O)C(CC)N(Cc1ccc(F)cc1)C(=O)CN(c1cccc(F)c1)S(C)(=O)=O. The molecular formula is C22H27F2N3O4S. The molecule has 0 saturated heterocycles. The Morgan fingerprint density at radius 1 is 1.03 bits per heavy atom. The van der Waals surface area contributed by atoms with Gasteiger partial charge < -0.3 is 10.2 Å². The molecule has 0 aliphatic heterocycles. The van der Waals surface area contributed by atoms with Crippen molar-refractivity contribution in [1.29, 1.82) is 0 Å². The lowest BCUT2D eigenvalue weighted by atomic mass is 10.1. The van der Waals surface area contributed by atoms with E-state index in [1.807, 2.05) is 0 Å². The molecule has 0 heterocycles. The molecule has 1 atom stereocenters. The van der Waals surface area contributed by atoms with Crippen LogP contribution in [-0.2, 0) is 26.2 Å². The van der Waals surface area contributed by atoms with Gasteiger partial charge in [-0.15, -0.1) is 0 Å². The molecule has 1 N–H and O–H groups in total. The number of nitrogens with one attached hydrogen (secondary N) is 1. The zero-order valence-corrected chi connectivity index (χ0v) is 19.0. The van der Waals surface area contributed by atoms with Gasteiger partial charge in [0.25, 0.3) is 0 Å². The largest absolute Gasteiger partial charge is 0.355 e. The number of hydrogen-bond donors (Lipinski definition) is 1. The Hall–Kier alpha value is -3.01. The Kier molecular flexibility index (Phi) is 8.71. The lowest BCUT2D eigenvalue weighted by Gasteiger charge is -2.32. The molecule has 174 valence electrons. The fraction of sp³-hybridized carbons (Fsp3) is 0.364. The first-order chi connectivity index (χ1) is 15.1.